The predicted octanol–water partition coefficient (Wildman–Crippen LogP) is 14.5. The number of para-hydroxylation sites is 6. The fourth-order valence-electron chi connectivity index (χ4n) is 10.8. The Balaban J connectivity index is 0.00000714. The Morgan fingerprint density at radius 1 is 0.564 bits per heavy atom. The number of hydrogen-bond acceptors (Lipinski definition) is 3. The Bertz CT molecular complexity index is 4850. The van der Waals surface area contributed by atoms with Crippen molar-refractivity contribution in [2.75, 3.05) is 0 Å². The van der Waals surface area contributed by atoms with Gasteiger partial charge in [0.25, 0.3) is 13.0 Å². The fourth-order valence-corrected chi connectivity index (χ4v) is 10.8. The van der Waals surface area contributed by atoms with Gasteiger partial charge < -0.3 is 18.6 Å². The first-order valence-electron chi connectivity index (χ1n) is 30.3. The van der Waals surface area contributed by atoms with E-state index in [1.807, 2.05) is 121 Å². The molecule has 1 aliphatic heterocycles. The monoisotopic (exact) mass is 1190 g/mol. The van der Waals surface area contributed by atoms with Crippen LogP contribution in [0.3, 0.4) is 0 Å². The molecule has 376 valence electrons. The van der Waals surface area contributed by atoms with E-state index in [0.717, 1.165) is 72.2 Å². The van der Waals surface area contributed by atoms with Gasteiger partial charge in [0, 0.05) is 44.3 Å². The molecule has 78 heavy (non-hydrogen) atoms. The standard InChI is InChI=1S/C70H49BN4O2.Pt/c1-70(2,3)50-39-40-72-68(43-50)75-62-32-15-11-26-57(62)58-38-37-52(45-65(58)75)76-53-42-49(54-25-10-12-29-59(54)71-60-30-13-18-35-66(60)77-67-36-19-14-31-61(67)71)41-51(44-53)73-46-74(64-34-17-16-33-63(64)73)69-55(47-21-6-4-7-22-47)27-20-28-56(69)48-23-8-5-9-24-48;/h4-43H,1-3H3;/q-2;/i4D,5D,6D,7D,8D,9D,21D,22D,23D,24D;. The molecule has 0 spiro atoms. The number of ether oxygens (including phenoxy) is 2. The quantitative estimate of drug-likeness (QED) is 0.0822. The molecular formula is C70H49BN4O2Pt-2. The van der Waals surface area contributed by atoms with Crippen molar-refractivity contribution in [2.24, 2.45) is 0 Å². The van der Waals surface area contributed by atoms with E-state index >= 15 is 0 Å². The number of hydrogen-bond donors (Lipinski definition) is 0. The summed E-state index contributed by atoms with van der Waals surface area (Å²) < 4.78 is 108. The minimum atomic E-state index is -0.587. The van der Waals surface area contributed by atoms with Crippen LogP contribution in [0, 0.1) is 18.5 Å². The number of imidazole rings is 1. The van der Waals surface area contributed by atoms with Crippen LogP contribution < -0.4 is 30.4 Å². The van der Waals surface area contributed by atoms with Crippen LogP contribution in [0.15, 0.2) is 243 Å². The molecule has 0 saturated carbocycles. The maximum Gasteiger partial charge on any atom is 0.268 e. The molecule has 0 fully saturated rings. The summed E-state index contributed by atoms with van der Waals surface area (Å²) in [6, 6.07) is 58.5. The van der Waals surface area contributed by atoms with Gasteiger partial charge >= 0.3 is 0 Å². The maximum atomic E-state index is 9.25. The van der Waals surface area contributed by atoms with E-state index in [1.165, 1.54) is 0 Å². The van der Waals surface area contributed by atoms with Crippen molar-refractivity contribution < 1.29 is 48.8 Å². The number of fused-ring (bicyclic) bond motifs is 6. The molecule has 0 saturated heterocycles. The molecule has 13 aromatic rings. The van der Waals surface area contributed by atoms with Crippen LogP contribution >= 0.6 is 0 Å². The summed E-state index contributed by atoms with van der Waals surface area (Å²) in [5, 5.41) is 1.98. The van der Waals surface area contributed by atoms with Crippen LogP contribution in [0.4, 0.5) is 0 Å². The SMILES string of the molecule is [2H]c1c([2H])c([2H])c(-c2cccc(-c3c([2H])c([2H])c([2H])c([2H])c3[2H])c2-[n+]2[c-]n(-c3[c-]c(Oc4[c-]c5c(cc4)c4ccccc4n5-c4cc(C(C)(C)C)ccn4)cc(-c4ccccc4B4c5ccccc5Oc5ccccc54)c3)c3ccccc32)c([2H])c1[2H].[Pt]. The minimum Gasteiger partial charge on any atom is -0.510 e. The van der Waals surface area contributed by atoms with E-state index in [0.29, 0.717) is 28.2 Å². The Labute approximate surface area is 482 Å². The second-order valence-corrected chi connectivity index (χ2v) is 20.0. The Morgan fingerprint density at radius 3 is 1.88 bits per heavy atom. The van der Waals surface area contributed by atoms with Gasteiger partial charge in [-0.15, -0.1) is 35.2 Å². The van der Waals surface area contributed by atoms with Gasteiger partial charge in [0.1, 0.15) is 17.3 Å². The third-order valence-corrected chi connectivity index (χ3v) is 14.3. The van der Waals surface area contributed by atoms with Crippen LogP contribution in [-0.4, -0.2) is 20.8 Å². The molecule has 4 heterocycles. The first kappa shape index (κ1) is 38.5. The second kappa shape index (κ2) is 19.8. The van der Waals surface area contributed by atoms with Gasteiger partial charge in [-0.05, 0) is 91.1 Å². The van der Waals surface area contributed by atoms with E-state index in [4.69, 9.17) is 22.7 Å². The van der Waals surface area contributed by atoms with Crippen LogP contribution in [0.1, 0.15) is 40.0 Å². The topological polar surface area (TPSA) is 45.1 Å². The summed E-state index contributed by atoms with van der Waals surface area (Å²) >= 11 is 0. The van der Waals surface area contributed by atoms with Crippen LogP contribution in [-0.2, 0) is 26.5 Å². The van der Waals surface area contributed by atoms with Gasteiger partial charge in [0.2, 0.25) is 0 Å². The van der Waals surface area contributed by atoms with Crippen molar-refractivity contribution in [1.82, 2.24) is 14.1 Å². The molecule has 0 radical (unpaired) electrons. The number of benzene rings is 10. The van der Waals surface area contributed by atoms with E-state index in [2.05, 4.69) is 86.3 Å². The molecule has 0 unspecified atom stereocenters. The largest absolute Gasteiger partial charge is 0.510 e. The van der Waals surface area contributed by atoms with Crippen molar-refractivity contribution in [2.45, 2.75) is 26.2 Å². The zero-order chi connectivity index (χ0) is 60.3. The van der Waals surface area contributed by atoms with Gasteiger partial charge in [-0.2, -0.15) is 12.1 Å². The summed E-state index contributed by atoms with van der Waals surface area (Å²) in [4.78, 5) is 4.90. The number of rotatable bonds is 9. The molecule has 1 aliphatic rings. The van der Waals surface area contributed by atoms with Crippen LogP contribution in [0.2, 0.25) is 0 Å². The summed E-state index contributed by atoms with van der Waals surface area (Å²) in [6.07, 6.45) is 5.40. The predicted molar refractivity (Wildman–Crippen MR) is 313 cm³/mol. The third-order valence-electron chi connectivity index (χ3n) is 14.3. The van der Waals surface area contributed by atoms with E-state index in [9.17, 15) is 5.48 Å². The van der Waals surface area contributed by atoms with E-state index in [1.54, 1.807) is 27.3 Å². The summed E-state index contributed by atoms with van der Waals surface area (Å²) in [5.74, 6) is 2.93. The van der Waals surface area contributed by atoms with Gasteiger partial charge in [-0.25, -0.2) is 4.98 Å². The van der Waals surface area contributed by atoms with Gasteiger partial charge in [0.15, 0.2) is 0 Å². The second-order valence-electron chi connectivity index (χ2n) is 20.0. The Kier molecular flexibility index (Phi) is 9.79. The number of nitrogens with zero attached hydrogens (tertiary/aromatic N) is 4. The minimum absolute atomic E-state index is 0. The molecule has 8 heteroatoms. The summed E-state index contributed by atoms with van der Waals surface area (Å²) in [5.41, 5.74) is 8.83. The molecule has 6 nitrogen and oxygen atoms in total. The molecule has 10 aromatic carbocycles. The molecule has 0 aliphatic carbocycles. The van der Waals surface area contributed by atoms with Crippen molar-refractivity contribution in [3.05, 3.63) is 267 Å². The van der Waals surface area contributed by atoms with Crippen LogP contribution in [0.25, 0.3) is 83.4 Å². The smallest absolute Gasteiger partial charge is 0.268 e. The normalized spacial score (nSPS) is 13.8. The first-order valence-corrected chi connectivity index (χ1v) is 25.3. The van der Waals surface area contributed by atoms with Crippen molar-refractivity contribution in [3.8, 4) is 73.6 Å². The molecule has 0 atom stereocenters. The number of aromatic nitrogens is 4. The zero-order valence-corrected chi connectivity index (χ0v) is 44.6. The summed E-state index contributed by atoms with van der Waals surface area (Å²) in [6.45, 7) is 6.26. The molecular weight excluding hydrogens is 1130 g/mol. The zero-order valence-electron chi connectivity index (χ0n) is 52.3. The summed E-state index contributed by atoms with van der Waals surface area (Å²) in [7, 11) is 0. The first-order chi connectivity index (χ1) is 42.0. The number of pyridine rings is 1. The Hall–Kier alpha value is -9.03. The van der Waals surface area contributed by atoms with Crippen molar-refractivity contribution in [1.29, 1.82) is 0 Å². The molecule has 0 N–H and O–H groups in total. The van der Waals surface area contributed by atoms with Crippen LogP contribution in [0.5, 0.6) is 23.0 Å². The third kappa shape index (κ3) is 8.52. The van der Waals surface area contributed by atoms with Crippen molar-refractivity contribution >= 4 is 55.9 Å². The maximum absolute atomic E-state index is 9.25. The fraction of sp³-hybridized carbons (Fsp3) is 0.0571. The van der Waals surface area contributed by atoms with Crippen molar-refractivity contribution in [3.63, 3.8) is 0 Å². The molecule has 3 aromatic heterocycles. The average molecular weight is 1190 g/mol. The molecule has 14 rings (SSSR count). The van der Waals surface area contributed by atoms with Gasteiger partial charge in [-0.3, -0.25) is 4.57 Å². The van der Waals surface area contributed by atoms with Gasteiger partial charge in [-0.1, -0.05) is 214 Å². The van der Waals surface area contributed by atoms with E-state index < -0.39 is 60.4 Å². The molecule has 0 bridgehead atoms. The van der Waals surface area contributed by atoms with E-state index in [-0.39, 0.29) is 61.1 Å². The average Bonchev–Trinajstić information content (AvgIpc) is 1.36. The Morgan fingerprint density at radius 2 is 1.18 bits per heavy atom. The van der Waals surface area contributed by atoms with Gasteiger partial charge in [0.05, 0.1) is 30.4 Å². The molecule has 0 amide bonds.